The van der Waals surface area contributed by atoms with Gasteiger partial charge in [0.1, 0.15) is 11.6 Å². The molecular formula is C15H15ClF2S. The molecule has 0 saturated carbocycles. The number of rotatable bonds is 2. The van der Waals surface area contributed by atoms with Crippen LogP contribution < -0.4 is 0 Å². The summed E-state index contributed by atoms with van der Waals surface area (Å²) in [5.41, 5.74) is -0.0701. The van der Waals surface area contributed by atoms with Crippen molar-refractivity contribution in [2.45, 2.75) is 31.6 Å². The Morgan fingerprint density at radius 2 is 1.63 bits per heavy atom. The van der Waals surface area contributed by atoms with Gasteiger partial charge in [-0.2, -0.15) is 0 Å². The summed E-state index contributed by atoms with van der Waals surface area (Å²) < 4.78 is 27.4. The van der Waals surface area contributed by atoms with E-state index in [4.69, 9.17) is 11.6 Å². The molecule has 0 N–H and O–H groups in total. The lowest BCUT2D eigenvalue weighted by atomic mass is 9.95. The monoisotopic (exact) mass is 300 g/mol. The minimum atomic E-state index is -0.790. The minimum absolute atomic E-state index is 0.00724. The largest absolute Gasteiger partial charge is 0.207 e. The van der Waals surface area contributed by atoms with Crippen LogP contribution in [0.25, 0.3) is 0 Å². The molecule has 1 heterocycles. The van der Waals surface area contributed by atoms with Gasteiger partial charge in [-0.1, -0.05) is 26.8 Å². The predicted molar refractivity (Wildman–Crippen MR) is 77.1 cm³/mol. The third-order valence-electron chi connectivity index (χ3n) is 2.87. The molecule has 0 saturated heterocycles. The second-order valence-corrected chi connectivity index (χ2v) is 7.00. The molecule has 0 fully saturated rings. The molecule has 1 aromatic heterocycles. The van der Waals surface area contributed by atoms with Gasteiger partial charge in [0.25, 0.3) is 0 Å². The summed E-state index contributed by atoms with van der Waals surface area (Å²) in [7, 11) is 0. The number of benzene rings is 1. The highest BCUT2D eigenvalue weighted by atomic mass is 35.5. The second-order valence-electron chi connectivity index (χ2n) is 5.45. The molecule has 0 aliphatic rings. The smallest absolute Gasteiger partial charge is 0.131 e. The van der Waals surface area contributed by atoms with E-state index in [0.717, 1.165) is 9.75 Å². The van der Waals surface area contributed by atoms with E-state index in [1.54, 1.807) is 0 Å². The second kappa shape index (κ2) is 5.22. The van der Waals surface area contributed by atoms with E-state index in [-0.39, 0.29) is 11.0 Å². The standard InChI is InChI=1S/C15H15ClF2S/c1-15(2,3)12-8-7-11(19-12)14(16)13-9(17)5-4-6-10(13)18/h4-8,14H,1-3H3. The molecule has 0 aliphatic heterocycles. The summed E-state index contributed by atoms with van der Waals surface area (Å²) in [4.78, 5) is 1.90. The Morgan fingerprint density at radius 1 is 1.05 bits per heavy atom. The Balaban J connectivity index is 2.40. The lowest BCUT2D eigenvalue weighted by molar-refractivity contribution is 0.560. The maximum atomic E-state index is 13.7. The molecule has 1 aromatic carbocycles. The first-order valence-electron chi connectivity index (χ1n) is 5.99. The van der Waals surface area contributed by atoms with Crippen LogP contribution in [0.15, 0.2) is 30.3 Å². The SMILES string of the molecule is CC(C)(C)c1ccc(C(Cl)c2c(F)cccc2F)s1. The number of alkyl halides is 1. The molecule has 102 valence electrons. The lowest BCUT2D eigenvalue weighted by Crippen LogP contribution is -2.07. The van der Waals surface area contributed by atoms with Crippen LogP contribution in [-0.2, 0) is 5.41 Å². The van der Waals surface area contributed by atoms with Gasteiger partial charge >= 0.3 is 0 Å². The first kappa shape index (κ1) is 14.5. The first-order valence-corrected chi connectivity index (χ1v) is 7.24. The normalized spacial score (nSPS) is 13.6. The van der Waals surface area contributed by atoms with Gasteiger partial charge < -0.3 is 0 Å². The van der Waals surface area contributed by atoms with Crippen molar-refractivity contribution in [1.82, 2.24) is 0 Å². The van der Waals surface area contributed by atoms with Crippen molar-refractivity contribution >= 4 is 22.9 Å². The van der Waals surface area contributed by atoms with Crippen molar-refractivity contribution in [2.24, 2.45) is 0 Å². The van der Waals surface area contributed by atoms with E-state index in [1.807, 2.05) is 12.1 Å². The lowest BCUT2D eigenvalue weighted by Gasteiger charge is -2.16. The summed E-state index contributed by atoms with van der Waals surface area (Å²) in [6, 6.07) is 7.61. The van der Waals surface area contributed by atoms with Crippen molar-refractivity contribution in [3.05, 3.63) is 57.3 Å². The molecule has 0 aliphatic carbocycles. The average molecular weight is 301 g/mol. The van der Waals surface area contributed by atoms with Gasteiger partial charge in [0.2, 0.25) is 0 Å². The number of hydrogen-bond donors (Lipinski definition) is 0. The summed E-state index contributed by atoms with van der Waals surface area (Å²) >= 11 is 7.73. The van der Waals surface area contributed by atoms with Crippen molar-refractivity contribution < 1.29 is 8.78 Å². The van der Waals surface area contributed by atoms with Gasteiger partial charge in [-0.15, -0.1) is 22.9 Å². The van der Waals surface area contributed by atoms with Crippen molar-refractivity contribution in [3.63, 3.8) is 0 Å². The van der Waals surface area contributed by atoms with Gasteiger partial charge in [0, 0.05) is 15.3 Å². The maximum absolute atomic E-state index is 13.7. The highest BCUT2D eigenvalue weighted by Gasteiger charge is 2.23. The predicted octanol–water partition coefficient (Wildman–Crippen LogP) is 5.65. The third kappa shape index (κ3) is 2.98. The topological polar surface area (TPSA) is 0 Å². The number of halogens is 3. The molecule has 0 nitrogen and oxygen atoms in total. The summed E-state index contributed by atoms with van der Waals surface area (Å²) in [5, 5.41) is -0.790. The van der Waals surface area contributed by atoms with Crippen molar-refractivity contribution in [1.29, 1.82) is 0 Å². The molecule has 0 bridgehead atoms. The van der Waals surface area contributed by atoms with E-state index >= 15 is 0 Å². The molecule has 1 atom stereocenters. The van der Waals surface area contributed by atoms with Gasteiger partial charge in [-0.05, 0) is 29.7 Å². The Kier molecular flexibility index (Phi) is 3.98. The molecule has 4 heteroatoms. The highest BCUT2D eigenvalue weighted by Crippen LogP contribution is 2.39. The van der Waals surface area contributed by atoms with E-state index in [2.05, 4.69) is 20.8 Å². The van der Waals surface area contributed by atoms with Crippen LogP contribution in [-0.4, -0.2) is 0 Å². The summed E-state index contributed by atoms with van der Waals surface area (Å²) in [5.74, 6) is -1.21. The van der Waals surface area contributed by atoms with Crippen LogP contribution >= 0.6 is 22.9 Å². The molecule has 0 spiro atoms. The fourth-order valence-corrected chi connectivity index (χ4v) is 3.26. The first-order chi connectivity index (χ1) is 8.80. The zero-order valence-corrected chi connectivity index (χ0v) is 12.6. The Morgan fingerprint density at radius 3 is 2.11 bits per heavy atom. The minimum Gasteiger partial charge on any atom is -0.207 e. The zero-order valence-electron chi connectivity index (χ0n) is 11.0. The van der Waals surface area contributed by atoms with E-state index < -0.39 is 17.0 Å². The molecule has 2 rings (SSSR count). The van der Waals surface area contributed by atoms with E-state index in [1.165, 1.54) is 29.5 Å². The van der Waals surface area contributed by atoms with Crippen LogP contribution in [0, 0.1) is 11.6 Å². The maximum Gasteiger partial charge on any atom is 0.131 e. The third-order valence-corrected chi connectivity index (χ3v) is 5.03. The zero-order chi connectivity index (χ0) is 14.2. The molecule has 19 heavy (non-hydrogen) atoms. The van der Waals surface area contributed by atoms with E-state index in [9.17, 15) is 8.78 Å². The van der Waals surface area contributed by atoms with Gasteiger partial charge in [0.15, 0.2) is 0 Å². The number of thiophene rings is 1. The summed E-state index contributed by atoms with van der Waals surface area (Å²) in [6.07, 6.45) is 0. The van der Waals surface area contributed by atoms with Crippen LogP contribution in [0.1, 0.15) is 41.5 Å². The van der Waals surface area contributed by atoms with Crippen molar-refractivity contribution in [2.75, 3.05) is 0 Å². The highest BCUT2D eigenvalue weighted by molar-refractivity contribution is 7.12. The average Bonchev–Trinajstić information content (AvgIpc) is 2.77. The van der Waals surface area contributed by atoms with Crippen LogP contribution in [0.3, 0.4) is 0 Å². The fraction of sp³-hybridized carbons (Fsp3) is 0.333. The van der Waals surface area contributed by atoms with E-state index in [0.29, 0.717) is 0 Å². The molecule has 1 unspecified atom stereocenters. The quantitative estimate of drug-likeness (QED) is 0.628. The molecule has 2 aromatic rings. The fourth-order valence-electron chi connectivity index (χ4n) is 1.79. The van der Waals surface area contributed by atoms with Gasteiger partial charge in [-0.3, -0.25) is 0 Å². The number of hydrogen-bond acceptors (Lipinski definition) is 1. The van der Waals surface area contributed by atoms with Gasteiger partial charge in [-0.25, -0.2) is 8.78 Å². The van der Waals surface area contributed by atoms with Crippen LogP contribution in [0.5, 0.6) is 0 Å². The van der Waals surface area contributed by atoms with Gasteiger partial charge in [0.05, 0.1) is 5.38 Å². The Labute approximate surface area is 121 Å². The van der Waals surface area contributed by atoms with Crippen molar-refractivity contribution in [3.8, 4) is 0 Å². The molecular weight excluding hydrogens is 286 g/mol. The van der Waals surface area contributed by atoms with Crippen LogP contribution in [0.4, 0.5) is 8.78 Å². The molecule has 0 radical (unpaired) electrons. The molecule has 0 amide bonds. The Hall–Kier alpha value is -0.930. The Bertz CT molecular complexity index is 564. The van der Waals surface area contributed by atoms with Crippen LogP contribution in [0.2, 0.25) is 0 Å². The summed E-state index contributed by atoms with van der Waals surface area (Å²) in [6.45, 7) is 6.28.